The van der Waals surface area contributed by atoms with Crippen LogP contribution < -0.4 is 16.2 Å². The van der Waals surface area contributed by atoms with Crippen LogP contribution in [0.5, 0.6) is 0 Å². The molecule has 5 nitrogen and oxygen atoms in total. The Bertz CT molecular complexity index is 827. The average molecular weight is 382 g/mol. The molecule has 0 aliphatic rings. The molecule has 2 rings (SSSR count). The van der Waals surface area contributed by atoms with E-state index < -0.39 is 17.6 Å². The Morgan fingerprint density at radius 2 is 1.76 bits per heavy atom. The molecule has 0 aliphatic carbocycles. The molecule has 0 aliphatic heterocycles. The van der Waals surface area contributed by atoms with Crippen molar-refractivity contribution in [2.75, 3.05) is 6.54 Å². The fourth-order valence-corrected chi connectivity index (χ4v) is 2.14. The third kappa shape index (κ3) is 5.48. The highest BCUT2D eigenvalue weighted by atomic mass is 35.5. The summed E-state index contributed by atoms with van der Waals surface area (Å²) in [5.41, 5.74) is 6.15. The van der Waals surface area contributed by atoms with Gasteiger partial charge in [0.2, 0.25) is 0 Å². The molecule has 0 heterocycles. The molecule has 2 amide bonds. The number of hydrazine groups is 1. The summed E-state index contributed by atoms with van der Waals surface area (Å²) in [6, 6.07) is 10.0. The quantitative estimate of drug-likeness (QED) is 0.673. The van der Waals surface area contributed by atoms with Crippen molar-refractivity contribution in [3.63, 3.8) is 0 Å². The van der Waals surface area contributed by atoms with Gasteiger partial charge in [-0.2, -0.15) is 0 Å². The van der Waals surface area contributed by atoms with E-state index in [1.54, 1.807) is 18.2 Å². The lowest BCUT2D eigenvalue weighted by Gasteiger charge is -2.12. The van der Waals surface area contributed by atoms with Gasteiger partial charge in [-0.3, -0.25) is 20.4 Å². The lowest BCUT2D eigenvalue weighted by molar-refractivity contribution is -0.120. The van der Waals surface area contributed by atoms with Crippen molar-refractivity contribution in [2.24, 2.45) is 0 Å². The lowest BCUT2D eigenvalue weighted by Crippen LogP contribution is -2.42. The summed E-state index contributed by atoms with van der Waals surface area (Å²) in [7, 11) is 0. The molecule has 0 spiro atoms. The van der Waals surface area contributed by atoms with Crippen LogP contribution in [0.4, 0.5) is 4.39 Å². The zero-order chi connectivity index (χ0) is 18.4. The van der Waals surface area contributed by atoms with Gasteiger partial charge in [-0.1, -0.05) is 41.9 Å². The normalized spacial score (nSPS) is 10.0. The van der Waals surface area contributed by atoms with E-state index >= 15 is 0 Å². The van der Waals surface area contributed by atoms with Gasteiger partial charge in [0.25, 0.3) is 11.8 Å². The summed E-state index contributed by atoms with van der Waals surface area (Å²) in [5.74, 6) is -1.60. The molecule has 0 saturated heterocycles. The molecule has 8 heteroatoms. The molecule has 0 saturated carbocycles. The maximum atomic E-state index is 13.1. The van der Waals surface area contributed by atoms with E-state index in [1.807, 2.05) is 0 Å². The smallest absolute Gasteiger partial charge is 0.257 e. The Morgan fingerprint density at radius 1 is 1.00 bits per heavy atom. The Kier molecular flexibility index (Phi) is 6.38. The van der Waals surface area contributed by atoms with E-state index in [4.69, 9.17) is 23.2 Å². The molecule has 0 bridgehead atoms. The van der Waals surface area contributed by atoms with Crippen LogP contribution in [-0.4, -0.2) is 18.4 Å². The van der Waals surface area contributed by atoms with Crippen molar-refractivity contribution in [3.05, 3.63) is 76.0 Å². The van der Waals surface area contributed by atoms with Crippen LogP contribution in [-0.2, 0) is 4.79 Å². The Morgan fingerprint density at radius 3 is 2.44 bits per heavy atom. The van der Waals surface area contributed by atoms with Gasteiger partial charge in [0.1, 0.15) is 5.82 Å². The molecule has 2 aromatic rings. The monoisotopic (exact) mass is 381 g/mol. The SMILES string of the molecule is C=C(NNC(=O)CNC(=O)c1cccc(F)c1)c1ccc(Cl)c(Cl)c1. The molecule has 0 unspecified atom stereocenters. The molecule has 130 valence electrons. The van der Waals surface area contributed by atoms with Crippen LogP contribution in [0.2, 0.25) is 10.0 Å². The Balaban J connectivity index is 1.81. The molecule has 2 aromatic carbocycles. The van der Waals surface area contributed by atoms with E-state index in [1.165, 1.54) is 18.2 Å². The molecular weight excluding hydrogens is 368 g/mol. The van der Waals surface area contributed by atoms with Crippen LogP contribution >= 0.6 is 23.2 Å². The zero-order valence-corrected chi connectivity index (χ0v) is 14.4. The van der Waals surface area contributed by atoms with Crippen molar-refractivity contribution >= 4 is 40.7 Å². The lowest BCUT2D eigenvalue weighted by atomic mass is 10.2. The second-order valence-electron chi connectivity index (χ2n) is 4.97. The predicted molar refractivity (Wildman–Crippen MR) is 95.5 cm³/mol. The van der Waals surface area contributed by atoms with Gasteiger partial charge >= 0.3 is 0 Å². The molecule has 0 aromatic heterocycles. The fourth-order valence-electron chi connectivity index (χ4n) is 1.84. The number of carbonyl (C=O) groups is 2. The maximum absolute atomic E-state index is 13.1. The number of carbonyl (C=O) groups excluding carboxylic acids is 2. The summed E-state index contributed by atoms with van der Waals surface area (Å²) >= 11 is 11.7. The second kappa shape index (κ2) is 8.50. The molecular formula is C17H14Cl2FN3O2. The van der Waals surface area contributed by atoms with Crippen molar-refractivity contribution < 1.29 is 14.0 Å². The minimum atomic E-state index is -0.557. The van der Waals surface area contributed by atoms with E-state index in [0.717, 1.165) is 6.07 Å². The van der Waals surface area contributed by atoms with Crippen LogP contribution in [0.3, 0.4) is 0 Å². The number of rotatable bonds is 6. The number of hydrogen-bond acceptors (Lipinski definition) is 3. The number of hydrogen-bond donors (Lipinski definition) is 3. The summed E-state index contributed by atoms with van der Waals surface area (Å²) in [6.45, 7) is 3.47. The van der Waals surface area contributed by atoms with Gasteiger partial charge < -0.3 is 5.32 Å². The number of nitrogens with one attached hydrogen (secondary N) is 3. The Labute approximate surface area is 153 Å². The third-order valence-electron chi connectivity index (χ3n) is 3.12. The summed E-state index contributed by atoms with van der Waals surface area (Å²) < 4.78 is 13.1. The molecule has 25 heavy (non-hydrogen) atoms. The van der Waals surface area contributed by atoms with Crippen molar-refractivity contribution in [2.45, 2.75) is 0 Å². The third-order valence-corrected chi connectivity index (χ3v) is 3.86. The number of halogens is 3. The van der Waals surface area contributed by atoms with E-state index in [2.05, 4.69) is 22.7 Å². The highest BCUT2D eigenvalue weighted by Crippen LogP contribution is 2.24. The van der Waals surface area contributed by atoms with E-state index in [0.29, 0.717) is 21.3 Å². The second-order valence-corrected chi connectivity index (χ2v) is 5.79. The Hall–Kier alpha value is -2.57. The first-order chi connectivity index (χ1) is 11.9. The summed E-state index contributed by atoms with van der Waals surface area (Å²) in [6.07, 6.45) is 0. The fraction of sp³-hybridized carbons (Fsp3) is 0.0588. The van der Waals surface area contributed by atoms with Crippen LogP contribution in [0, 0.1) is 5.82 Å². The van der Waals surface area contributed by atoms with Gasteiger partial charge in [-0.05, 0) is 30.3 Å². The van der Waals surface area contributed by atoms with Crippen LogP contribution in [0.1, 0.15) is 15.9 Å². The first kappa shape index (κ1) is 18.8. The molecule has 0 fully saturated rings. The minimum Gasteiger partial charge on any atom is -0.343 e. The molecule has 3 N–H and O–H groups in total. The van der Waals surface area contributed by atoms with Crippen molar-refractivity contribution in [3.8, 4) is 0 Å². The highest BCUT2D eigenvalue weighted by molar-refractivity contribution is 6.42. The molecule has 0 radical (unpaired) electrons. The van der Waals surface area contributed by atoms with Crippen molar-refractivity contribution in [1.82, 2.24) is 16.2 Å². The first-order valence-electron chi connectivity index (χ1n) is 7.10. The van der Waals surface area contributed by atoms with Gasteiger partial charge in [0.05, 0.1) is 22.3 Å². The predicted octanol–water partition coefficient (Wildman–Crippen LogP) is 3.15. The molecule has 0 atom stereocenters. The summed E-state index contributed by atoms with van der Waals surface area (Å²) in [4.78, 5) is 23.6. The van der Waals surface area contributed by atoms with E-state index in [-0.39, 0.29) is 12.1 Å². The maximum Gasteiger partial charge on any atom is 0.257 e. The highest BCUT2D eigenvalue weighted by Gasteiger charge is 2.09. The van der Waals surface area contributed by atoms with Crippen molar-refractivity contribution in [1.29, 1.82) is 0 Å². The summed E-state index contributed by atoms with van der Waals surface area (Å²) in [5, 5.41) is 3.14. The minimum absolute atomic E-state index is 0.126. The number of amides is 2. The van der Waals surface area contributed by atoms with E-state index in [9.17, 15) is 14.0 Å². The average Bonchev–Trinajstić information content (AvgIpc) is 2.59. The largest absolute Gasteiger partial charge is 0.343 e. The first-order valence-corrected chi connectivity index (χ1v) is 7.85. The zero-order valence-electron chi connectivity index (χ0n) is 12.9. The van der Waals surface area contributed by atoms with Gasteiger partial charge in [0.15, 0.2) is 0 Å². The van der Waals surface area contributed by atoms with Gasteiger partial charge in [0, 0.05) is 11.1 Å². The number of benzene rings is 2. The standard InChI is InChI=1S/C17H14Cl2FN3O2/c1-10(11-5-6-14(18)15(19)8-11)22-23-16(24)9-21-17(25)12-3-2-4-13(20)7-12/h2-8,22H,1,9H2,(H,21,25)(H,23,24). The van der Waals surface area contributed by atoms with Crippen LogP contribution in [0.25, 0.3) is 5.70 Å². The van der Waals surface area contributed by atoms with Gasteiger partial charge in [-0.15, -0.1) is 0 Å². The van der Waals surface area contributed by atoms with Gasteiger partial charge in [-0.25, -0.2) is 4.39 Å². The van der Waals surface area contributed by atoms with Crippen LogP contribution in [0.15, 0.2) is 49.0 Å². The topological polar surface area (TPSA) is 70.2 Å².